The number of benzene rings is 2. The first-order chi connectivity index (χ1) is 10.1. The molecule has 0 aliphatic heterocycles. The number of amidine groups is 1. The molecule has 0 radical (unpaired) electrons. The zero-order valence-corrected chi connectivity index (χ0v) is 12.4. The summed E-state index contributed by atoms with van der Waals surface area (Å²) in [6.45, 7) is 1.94. The number of nitrogens with two attached hydrogens (primary N) is 1. The van der Waals surface area contributed by atoms with Gasteiger partial charge in [0.25, 0.3) is 5.91 Å². The van der Waals surface area contributed by atoms with E-state index in [1.54, 1.807) is 24.3 Å². The highest BCUT2D eigenvalue weighted by Gasteiger charge is 2.11. The number of carbonyl (C=O) groups excluding carboxylic acids is 1. The number of amides is 1. The van der Waals surface area contributed by atoms with Gasteiger partial charge < -0.3 is 11.1 Å². The van der Waals surface area contributed by atoms with Crippen molar-refractivity contribution in [1.29, 1.82) is 0 Å². The molecule has 0 spiro atoms. The summed E-state index contributed by atoms with van der Waals surface area (Å²) >= 11 is 5.63. The summed E-state index contributed by atoms with van der Waals surface area (Å²) in [4.78, 5) is 16.6. The van der Waals surface area contributed by atoms with Gasteiger partial charge in [0.2, 0.25) is 0 Å². The Bertz CT molecular complexity index is 683. The van der Waals surface area contributed by atoms with Gasteiger partial charge in [0.1, 0.15) is 5.84 Å². The van der Waals surface area contributed by atoms with Gasteiger partial charge in [-0.05, 0) is 30.7 Å². The minimum atomic E-state index is -0.231. The van der Waals surface area contributed by atoms with E-state index in [0.29, 0.717) is 11.3 Å². The molecule has 0 unspecified atom stereocenters. The molecule has 0 bridgehead atoms. The number of halogens is 1. The summed E-state index contributed by atoms with van der Waals surface area (Å²) < 4.78 is 0. The maximum absolute atomic E-state index is 12.4. The van der Waals surface area contributed by atoms with Crippen LogP contribution in [-0.2, 0) is 0 Å². The summed E-state index contributed by atoms with van der Waals surface area (Å²) in [5, 5.41) is 2.88. The number of hydrogen-bond acceptors (Lipinski definition) is 2. The number of nitrogens with one attached hydrogen (secondary N) is 1. The highest BCUT2D eigenvalue weighted by Crippen LogP contribution is 2.21. The number of alkyl halides is 1. The van der Waals surface area contributed by atoms with Crippen molar-refractivity contribution in [2.24, 2.45) is 10.7 Å². The van der Waals surface area contributed by atoms with E-state index in [4.69, 9.17) is 17.3 Å². The Morgan fingerprint density at radius 3 is 2.57 bits per heavy atom. The summed E-state index contributed by atoms with van der Waals surface area (Å²) in [5.41, 5.74) is 8.35. The molecule has 0 atom stereocenters. The number of para-hydroxylation sites is 2. The van der Waals surface area contributed by atoms with Crippen LogP contribution in [0.15, 0.2) is 53.5 Å². The molecule has 3 N–H and O–H groups in total. The Morgan fingerprint density at radius 1 is 1.19 bits per heavy atom. The van der Waals surface area contributed by atoms with Crippen molar-refractivity contribution in [3.8, 4) is 0 Å². The van der Waals surface area contributed by atoms with Crippen LogP contribution in [-0.4, -0.2) is 17.6 Å². The molecular formula is C16H16ClN3O. The third kappa shape index (κ3) is 3.83. The molecule has 2 aromatic carbocycles. The van der Waals surface area contributed by atoms with Crippen LogP contribution in [0.1, 0.15) is 15.9 Å². The van der Waals surface area contributed by atoms with Crippen LogP contribution < -0.4 is 11.1 Å². The molecule has 2 rings (SSSR count). The molecule has 0 aliphatic carbocycles. The Balaban J connectivity index is 2.30. The largest absolute Gasteiger partial charge is 0.386 e. The Kier molecular flexibility index (Phi) is 4.95. The van der Waals surface area contributed by atoms with Crippen molar-refractivity contribution in [2.45, 2.75) is 6.92 Å². The van der Waals surface area contributed by atoms with Crippen molar-refractivity contribution in [3.63, 3.8) is 0 Å². The van der Waals surface area contributed by atoms with Crippen LogP contribution in [0.5, 0.6) is 0 Å². The van der Waals surface area contributed by atoms with Gasteiger partial charge in [0.15, 0.2) is 0 Å². The van der Waals surface area contributed by atoms with E-state index in [9.17, 15) is 4.79 Å². The lowest BCUT2D eigenvalue weighted by Gasteiger charge is -2.10. The minimum Gasteiger partial charge on any atom is -0.386 e. The second kappa shape index (κ2) is 6.90. The van der Waals surface area contributed by atoms with Gasteiger partial charge in [-0.2, -0.15) is 0 Å². The first-order valence-corrected chi connectivity index (χ1v) is 7.00. The number of aryl methyl sites for hydroxylation is 1. The maximum atomic E-state index is 12.4. The predicted octanol–water partition coefficient (Wildman–Crippen LogP) is 3.47. The van der Waals surface area contributed by atoms with Crippen molar-refractivity contribution < 1.29 is 4.79 Å². The second-order valence-electron chi connectivity index (χ2n) is 4.52. The zero-order valence-electron chi connectivity index (χ0n) is 11.6. The lowest BCUT2D eigenvalue weighted by atomic mass is 10.1. The smallest absolute Gasteiger partial charge is 0.257 e. The summed E-state index contributed by atoms with van der Waals surface area (Å²) in [6.07, 6.45) is 0. The van der Waals surface area contributed by atoms with Crippen molar-refractivity contribution >= 4 is 34.7 Å². The van der Waals surface area contributed by atoms with Gasteiger partial charge in [-0.3, -0.25) is 4.79 Å². The molecule has 1 amide bonds. The van der Waals surface area contributed by atoms with Gasteiger partial charge in [0, 0.05) is 5.69 Å². The molecule has 5 heteroatoms. The standard InChI is InChI=1S/C16H16ClN3O/c1-11-6-2-4-8-13(11)20-16(21)12-7-3-5-9-14(12)19-15(18)10-17/h2-9H,10H2,1H3,(H2,18,19)(H,20,21). The zero-order chi connectivity index (χ0) is 15.2. The normalized spacial score (nSPS) is 11.2. The number of anilines is 1. The van der Waals surface area contributed by atoms with Crippen LogP contribution in [0, 0.1) is 6.92 Å². The van der Waals surface area contributed by atoms with E-state index >= 15 is 0 Å². The molecule has 0 saturated heterocycles. The fourth-order valence-electron chi connectivity index (χ4n) is 1.85. The average molecular weight is 302 g/mol. The predicted molar refractivity (Wildman–Crippen MR) is 87.6 cm³/mol. The van der Waals surface area contributed by atoms with Crippen LogP contribution in [0.25, 0.3) is 0 Å². The van der Waals surface area contributed by atoms with Crippen LogP contribution in [0.3, 0.4) is 0 Å². The monoisotopic (exact) mass is 301 g/mol. The lowest BCUT2D eigenvalue weighted by molar-refractivity contribution is 0.102. The minimum absolute atomic E-state index is 0.119. The number of carbonyl (C=O) groups is 1. The van der Waals surface area contributed by atoms with E-state index < -0.39 is 0 Å². The first kappa shape index (κ1) is 15.1. The Labute approximate surface area is 128 Å². The fraction of sp³-hybridized carbons (Fsp3) is 0.125. The van der Waals surface area contributed by atoms with Crippen molar-refractivity contribution in [1.82, 2.24) is 0 Å². The number of nitrogens with zero attached hydrogens (tertiary/aromatic N) is 1. The van der Waals surface area contributed by atoms with E-state index in [-0.39, 0.29) is 17.6 Å². The summed E-state index contributed by atoms with van der Waals surface area (Å²) in [7, 11) is 0. The molecular weight excluding hydrogens is 286 g/mol. The fourth-order valence-corrected chi connectivity index (χ4v) is 1.91. The molecule has 21 heavy (non-hydrogen) atoms. The highest BCUT2D eigenvalue weighted by atomic mass is 35.5. The Morgan fingerprint density at radius 2 is 1.86 bits per heavy atom. The van der Waals surface area contributed by atoms with Gasteiger partial charge in [-0.15, -0.1) is 11.6 Å². The highest BCUT2D eigenvalue weighted by molar-refractivity contribution is 6.28. The Hall–Kier alpha value is -2.33. The number of hydrogen-bond donors (Lipinski definition) is 2. The van der Waals surface area contributed by atoms with Crippen LogP contribution >= 0.6 is 11.6 Å². The third-order valence-corrected chi connectivity index (χ3v) is 3.22. The van der Waals surface area contributed by atoms with Gasteiger partial charge >= 0.3 is 0 Å². The molecule has 0 heterocycles. The first-order valence-electron chi connectivity index (χ1n) is 6.47. The third-order valence-electron chi connectivity index (χ3n) is 2.94. The van der Waals surface area contributed by atoms with Gasteiger partial charge in [0.05, 0.1) is 17.1 Å². The van der Waals surface area contributed by atoms with Gasteiger partial charge in [-0.1, -0.05) is 30.3 Å². The quantitative estimate of drug-likeness (QED) is 0.516. The number of rotatable bonds is 4. The maximum Gasteiger partial charge on any atom is 0.257 e. The van der Waals surface area contributed by atoms with E-state index in [1.807, 2.05) is 31.2 Å². The number of aliphatic imine (C=N–C) groups is 1. The van der Waals surface area contributed by atoms with E-state index in [1.165, 1.54) is 0 Å². The molecule has 2 aromatic rings. The molecule has 0 aromatic heterocycles. The van der Waals surface area contributed by atoms with E-state index in [0.717, 1.165) is 11.3 Å². The van der Waals surface area contributed by atoms with E-state index in [2.05, 4.69) is 10.3 Å². The van der Waals surface area contributed by atoms with Crippen molar-refractivity contribution in [3.05, 3.63) is 59.7 Å². The molecule has 108 valence electrons. The van der Waals surface area contributed by atoms with Crippen LogP contribution in [0.2, 0.25) is 0 Å². The molecule has 4 nitrogen and oxygen atoms in total. The van der Waals surface area contributed by atoms with Gasteiger partial charge in [-0.25, -0.2) is 4.99 Å². The summed E-state index contributed by atoms with van der Waals surface area (Å²) in [5.74, 6) is 0.159. The SMILES string of the molecule is Cc1ccccc1NC(=O)c1ccccc1N=C(N)CCl. The summed E-state index contributed by atoms with van der Waals surface area (Å²) in [6, 6.07) is 14.6. The lowest BCUT2D eigenvalue weighted by Crippen LogP contribution is -2.15. The van der Waals surface area contributed by atoms with Crippen molar-refractivity contribution in [2.75, 3.05) is 11.2 Å². The molecule has 0 saturated carbocycles. The van der Waals surface area contributed by atoms with Crippen LogP contribution in [0.4, 0.5) is 11.4 Å². The second-order valence-corrected chi connectivity index (χ2v) is 4.79. The topological polar surface area (TPSA) is 67.5 Å². The molecule has 0 aliphatic rings. The molecule has 0 fully saturated rings. The average Bonchev–Trinajstić information content (AvgIpc) is 2.50.